The molecule has 4 N–H and O–H groups in total. The van der Waals surface area contributed by atoms with Crippen molar-refractivity contribution in [1.82, 2.24) is 24.9 Å². The van der Waals surface area contributed by atoms with Crippen LogP contribution in [0.3, 0.4) is 0 Å². The Bertz CT molecular complexity index is 992. The molecule has 0 aliphatic heterocycles. The van der Waals surface area contributed by atoms with Gasteiger partial charge in [0.1, 0.15) is 5.82 Å². The van der Waals surface area contributed by atoms with Crippen molar-refractivity contribution in [3.8, 4) is 0 Å². The molecule has 2 heterocycles. The summed E-state index contributed by atoms with van der Waals surface area (Å²) in [7, 11) is 0. The van der Waals surface area contributed by atoms with E-state index in [1.54, 1.807) is 0 Å². The highest BCUT2D eigenvalue weighted by molar-refractivity contribution is 5.79. The van der Waals surface area contributed by atoms with Gasteiger partial charge in [-0.05, 0) is 30.5 Å². The summed E-state index contributed by atoms with van der Waals surface area (Å²) in [5.74, 6) is 2.62. The second kappa shape index (κ2) is 9.54. The summed E-state index contributed by atoms with van der Waals surface area (Å²) in [6.07, 6.45) is 4.80. The van der Waals surface area contributed by atoms with Gasteiger partial charge in [0, 0.05) is 18.2 Å². The monoisotopic (exact) mass is 397 g/mol. The van der Waals surface area contributed by atoms with Gasteiger partial charge in [-0.3, -0.25) is 0 Å². The zero-order chi connectivity index (χ0) is 20.8. The number of nitrogens with zero attached hydrogens (tertiary/aromatic N) is 3. The van der Waals surface area contributed by atoms with Crippen LogP contribution < -0.4 is 16.3 Å². The van der Waals surface area contributed by atoms with E-state index < -0.39 is 0 Å². The molecule has 156 valence electrons. The molecule has 0 fully saturated rings. The lowest BCUT2D eigenvalue weighted by molar-refractivity contribution is 0.471. The first kappa shape index (κ1) is 20.8. The number of fused-ring (bicyclic) bond motifs is 1. The largest absolute Gasteiger partial charge is 0.354 e. The molecule has 29 heavy (non-hydrogen) atoms. The van der Waals surface area contributed by atoms with Crippen LogP contribution in [0, 0.1) is 5.92 Å². The van der Waals surface area contributed by atoms with E-state index >= 15 is 0 Å². The Morgan fingerprint density at radius 1 is 1.03 bits per heavy atom. The normalized spacial score (nSPS) is 12.4. The molecule has 0 spiro atoms. The third-order valence-electron chi connectivity index (χ3n) is 5.03. The third kappa shape index (κ3) is 5.56. The van der Waals surface area contributed by atoms with E-state index in [-0.39, 0.29) is 11.6 Å². The van der Waals surface area contributed by atoms with Crippen LogP contribution in [0.4, 0.5) is 17.6 Å². The molecule has 0 saturated heterocycles. The Labute approximate surface area is 171 Å². The number of unbranched alkanes of at least 4 members (excludes halogenated alkanes) is 1. The molecule has 8 nitrogen and oxygen atoms in total. The molecular formula is C21H31N7O. The smallest absolute Gasteiger partial charge is 0.323 e. The van der Waals surface area contributed by atoms with E-state index in [0.717, 1.165) is 35.5 Å². The fourth-order valence-corrected chi connectivity index (χ4v) is 3.20. The van der Waals surface area contributed by atoms with E-state index in [0.29, 0.717) is 17.8 Å². The van der Waals surface area contributed by atoms with Crippen molar-refractivity contribution in [3.05, 3.63) is 34.5 Å². The standard InChI is InChI=1S/C21H31N7O/c1-5-7-8-14(6-2)12-22-19-26-18(13(3)4)27-20(28-19)23-15-9-10-16-17(11-15)25-21(29)24-16/h9-11,13-14H,5-8,12H2,1-4H3,(H2,24,25,29)(H2,22,23,26,27,28). The maximum Gasteiger partial charge on any atom is 0.323 e. The SMILES string of the molecule is CCCCC(CC)CNc1nc(Nc2ccc3[nH]c(=O)[nH]c3c2)nc(C(C)C)n1. The number of hydrogen-bond donors (Lipinski definition) is 4. The first-order valence-electron chi connectivity index (χ1n) is 10.5. The molecule has 3 rings (SSSR count). The lowest BCUT2D eigenvalue weighted by Gasteiger charge is -2.16. The highest BCUT2D eigenvalue weighted by Crippen LogP contribution is 2.21. The summed E-state index contributed by atoms with van der Waals surface area (Å²) in [6.45, 7) is 9.43. The highest BCUT2D eigenvalue weighted by Gasteiger charge is 2.12. The van der Waals surface area contributed by atoms with E-state index in [4.69, 9.17) is 0 Å². The Hall–Kier alpha value is -2.90. The van der Waals surface area contributed by atoms with Crippen molar-refractivity contribution in [2.75, 3.05) is 17.2 Å². The number of nitrogens with one attached hydrogen (secondary N) is 4. The van der Waals surface area contributed by atoms with Gasteiger partial charge in [0.15, 0.2) is 0 Å². The Kier molecular flexibility index (Phi) is 6.85. The van der Waals surface area contributed by atoms with E-state index in [2.05, 4.69) is 63.2 Å². The number of hydrogen-bond acceptors (Lipinski definition) is 6. The summed E-state index contributed by atoms with van der Waals surface area (Å²) in [5, 5.41) is 6.64. The minimum Gasteiger partial charge on any atom is -0.354 e. The topological polar surface area (TPSA) is 111 Å². The lowest BCUT2D eigenvalue weighted by atomic mass is 9.99. The average Bonchev–Trinajstić information content (AvgIpc) is 3.07. The van der Waals surface area contributed by atoms with Crippen LogP contribution in [0.5, 0.6) is 0 Å². The number of benzene rings is 1. The van der Waals surface area contributed by atoms with Crippen LogP contribution >= 0.6 is 0 Å². The van der Waals surface area contributed by atoms with Gasteiger partial charge < -0.3 is 20.6 Å². The predicted molar refractivity (Wildman–Crippen MR) is 118 cm³/mol. The molecule has 3 aromatic rings. The zero-order valence-electron chi connectivity index (χ0n) is 17.7. The highest BCUT2D eigenvalue weighted by atomic mass is 16.1. The summed E-state index contributed by atoms with van der Waals surface area (Å²) in [4.78, 5) is 30.7. The van der Waals surface area contributed by atoms with Gasteiger partial charge in [0.25, 0.3) is 0 Å². The van der Waals surface area contributed by atoms with Gasteiger partial charge in [0.05, 0.1) is 11.0 Å². The van der Waals surface area contributed by atoms with Crippen molar-refractivity contribution >= 4 is 28.6 Å². The minimum atomic E-state index is -0.223. The molecule has 0 bridgehead atoms. The third-order valence-corrected chi connectivity index (χ3v) is 5.03. The van der Waals surface area contributed by atoms with E-state index in [9.17, 15) is 4.79 Å². The number of H-pyrrole nitrogens is 2. The van der Waals surface area contributed by atoms with Crippen LogP contribution in [0.25, 0.3) is 11.0 Å². The number of anilines is 3. The van der Waals surface area contributed by atoms with Crippen LogP contribution in [-0.2, 0) is 0 Å². The molecule has 0 saturated carbocycles. The van der Waals surface area contributed by atoms with Gasteiger partial charge in [-0.25, -0.2) is 4.79 Å². The van der Waals surface area contributed by atoms with Crippen molar-refractivity contribution < 1.29 is 0 Å². The Morgan fingerprint density at radius 3 is 2.52 bits per heavy atom. The minimum absolute atomic E-state index is 0.185. The molecule has 0 radical (unpaired) electrons. The van der Waals surface area contributed by atoms with Gasteiger partial charge in [0.2, 0.25) is 11.9 Å². The fraction of sp³-hybridized carbons (Fsp3) is 0.524. The quantitative estimate of drug-likeness (QED) is 0.400. The number of rotatable bonds is 10. The summed E-state index contributed by atoms with van der Waals surface area (Å²) in [6, 6.07) is 5.59. The van der Waals surface area contributed by atoms with Gasteiger partial charge >= 0.3 is 5.69 Å². The number of aromatic nitrogens is 5. The Balaban J connectivity index is 1.78. The van der Waals surface area contributed by atoms with Gasteiger partial charge in [-0.1, -0.05) is 47.0 Å². The predicted octanol–water partition coefficient (Wildman–Crippen LogP) is 4.54. The molecular weight excluding hydrogens is 366 g/mol. The van der Waals surface area contributed by atoms with E-state index in [1.165, 1.54) is 19.3 Å². The zero-order valence-corrected chi connectivity index (χ0v) is 17.7. The molecule has 0 amide bonds. The van der Waals surface area contributed by atoms with Crippen molar-refractivity contribution in [2.24, 2.45) is 5.92 Å². The maximum atomic E-state index is 11.5. The van der Waals surface area contributed by atoms with Crippen LogP contribution in [0.1, 0.15) is 65.1 Å². The first-order chi connectivity index (χ1) is 14.0. The summed E-state index contributed by atoms with van der Waals surface area (Å²) < 4.78 is 0. The molecule has 8 heteroatoms. The van der Waals surface area contributed by atoms with Gasteiger partial charge in [-0.15, -0.1) is 0 Å². The molecule has 0 aliphatic carbocycles. The van der Waals surface area contributed by atoms with E-state index in [1.807, 2.05) is 18.2 Å². The molecule has 0 aliphatic rings. The van der Waals surface area contributed by atoms with Crippen molar-refractivity contribution in [3.63, 3.8) is 0 Å². The maximum absolute atomic E-state index is 11.5. The van der Waals surface area contributed by atoms with Crippen LogP contribution in [0.2, 0.25) is 0 Å². The average molecular weight is 398 g/mol. The van der Waals surface area contributed by atoms with Crippen LogP contribution in [-0.4, -0.2) is 31.5 Å². The van der Waals surface area contributed by atoms with Gasteiger partial charge in [-0.2, -0.15) is 15.0 Å². The molecule has 1 atom stereocenters. The Morgan fingerprint density at radius 2 is 1.79 bits per heavy atom. The first-order valence-corrected chi connectivity index (χ1v) is 10.5. The molecule has 1 unspecified atom stereocenters. The lowest BCUT2D eigenvalue weighted by Crippen LogP contribution is -2.17. The second-order valence-electron chi connectivity index (χ2n) is 7.76. The van der Waals surface area contributed by atoms with Crippen molar-refractivity contribution in [1.29, 1.82) is 0 Å². The molecule has 2 aromatic heterocycles. The number of imidazole rings is 1. The summed E-state index contributed by atoms with van der Waals surface area (Å²) in [5.41, 5.74) is 2.07. The second-order valence-corrected chi connectivity index (χ2v) is 7.76. The fourth-order valence-electron chi connectivity index (χ4n) is 3.20. The summed E-state index contributed by atoms with van der Waals surface area (Å²) >= 11 is 0. The number of aromatic amines is 2. The van der Waals surface area contributed by atoms with Crippen LogP contribution in [0.15, 0.2) is 23.0 Å². The molecule has 1 aromatic carbocycles. The van der Waals surface area contributed by atoms with Crippen molar-refractivity contribution in [2.45, 2.75) is 59.3 Å².